The Hall–Kier alpha value is -6.58. The van der Waals surface area contributed by atoms with Gasteiger partial charge in [0.05, 0.1) is 11.1 Å². The standard InChI is InChI=1S/C39H30F6O10/c1-5-33(46)52-21-50-29-15-17-31(23(3)19-29)35(48)54-27-11-7-25(8-12-27)37(38(40,41)42,39(43,44)45)26-9-13-28(14-10-26)55-36(49)32-18-16-30(20-24(32)4)51-22-53-34(47)6-2/h5-20H,1-2,21-22H2,3-4H3. The molecule has 0 aromatic heterocycles. The van der Waals surface area contributed by atoms with Crippen molar-refractivity contribution in [3.05, 3.63) is 144 Å². The minimum absolute atomic E-state index is 0.00479. The van der Waals surface area contributed by atoms with E-state index in [9.17, 15) is 45.5 Å². The number of carbonyl (C=O) groups excluding carboxylic acids is 4. The molecule has 0 heterocycles. The monoisotopic (exact) mass is 772 g/mol. The first-order valence-electron chi connectivity index (χ1n) is 15.8. The molecule has 10 nitrogen and oxygen atoms in total. The summed E-state index contributed by atoms with van der Waals surface area (Å²) in [7, 11) is 0. The zero-order valence-corrected chi connectivity index (χ0v) is 28.9. The Morgan fingerprint density at radius 1 is 0.545 bits per heavy atom. The lowest BCUT2D eigenvalue weighted by Crippen LogP contribution is -2.54. The SMILES string of the molecule is C=CC(=O)OCOc1ccc(C(=O)Oc2ccc(C(c3ccc(OC(=O)c4ccc(OCOC(=O)C=C)cc4C)cc3)(C(F)(F)F)C(F)(F)F)cc2)c(C)c1. The molecule has 0 aliphatic carbocycles. The third-order valence-corrected chi connectivity index (χ3v) is 7.87. The van der Waals surface area contributed by atoms with Gasteiger partial charge in [-0.25, -0.2) is 19.2 Å². The molecule has 0 aliphatic heterocycles. The molecule has 4 aromatic rings. The van der Waals surface area contributed by atoms with Crippen LogP contribution in [0.1, 0.15) is 43.0 Å². The first kappa shape index (κ1) is 41.2. The quantitative estimate of drug-likeness (QED) is 0.0407. The molecular formula is C39H30F6O10. The third kappa shape index (κ3) is 9.51. The molecular weight excluding hydrogens is 742 g/mol. The average molecular weight is 773 g/mol. The van der Waals surface area contributed by atoms with Crippen LogP contribution in [0.3, 0.4) is 0 Å². The maximum atomic E-state index is 14.8. The van der Waals surface area contributed by atoms with E-state index in [0.29, 0.717) is 35.4 Å². The first-order valence-corrected chi connectivity index (χ1v) is 15.8. The first-order chi connectivity index (χ1) is 25.9. The van der Waals surface area contributed by atoms with Gasteiger partial charge in [-0.3, -0.25) is 0 Å². The van der Waals surface area contributed by atoms with Crippen LogP contribution in [0, 0.1) is 13.8 Å². The van der Waals surface area contributed by atoms with E-state index in [0.717, 1.165) is 36.4 Å². The molecule has 288 valence electrons. The topological polar surface area (TPSA) is 124 Å². The highest BCUT2D eigenvalue weighted by atomic mass is 19.4. The number of rotatable bonds is 14. The predicted molar refractivity (Wildman–Crippen MR) is 182 cm³/mol. The van der Waals surface area contributed by atoms with Crippen molar-refractivity contribution in [2.75, 3.05) is 13.6 Å². The second-order valence-corrected chi connectivity index (χ2v) is 11.4. The largest absolute Gasteiger partial charge is 0.457 e. The lowest BCUT2D eigenvalue weighted by Gasteiger charge is -2.38. The molecule has 0 bridgehead atoms. The van der Waals surface area contributed by atoms with Crippen molar-refractivity contribution in [2.45, 2.75) is 31.6 Å². The summed E-state index contributed by atoms with van der Waals surface area (Å²) in [4.78, 5) is 48.0. The molecule has 55 heavy (non-hydrogen) atoms. The van der Waals surface area contributed by atoms with E-state index >= 15 is 0 Å². The summed E-state index contributed by atoms with van der Waals surface area (Å²) in [6.45, 7) is 8.63. The summed E-state index contributed by atoms with van der Waals surface area (Å²) in [6.07, 6.45) is -10.00. The normalized spacial score (nSPS) is 11.5. The van der Waals surface area contributed by atoms with Gasteiger partial charge in [-0.05, 0) is 96.8 Å². The third-order valence-electron chi connectivity index (χ3n) is 7.87. The molecule has 4 aromatic carbocycles. The fourth-order valence-electron chi connectivity index (χ4n) is 5.19. The van der Waals surface area contributed by atoms with Crippen LogP contribution in [0.15, 0.2) is 110 Å². The molecule has 0 unspecified atom stereocenters. The molecule has 16 heteroatoms. The summed E-state index contributed by atoms with van der Waals surface area (Å²) in [6, 6.07) is 13.5. The molecule has 0 aliphatic rings. The van der Waals surface area contributed by atoms with E-state index in [4.69, 9.17) is 28.4 Å². The molecule has 0 fully saturated rings. The molecule has 0 amide bonds. The van der Waals surface area contributed by atoms with Crippen LogP contribution in [0.2, 0.25) is 0 Å². The zero-order valence-electron chi connectivity index (χ0n) is 28.9. The number of carbonyl (C=O) groups is 4. The summed E-state index contributed by atoms with van der Waals surface area (Å²) in [5.41, 5.74) is -6.34. The van der Waals surface area contributed by atoms with Crippen LogP contribution >= 0.6 is 0 Å². The molecule has 0 spiro atoms. The maximum Gasteiger partial charge on any atom is 0.411 e. The van der Waals surface area contributed by atoms with E-state index < -0.39 is 66.4 Å². The van der Waals surface area contributed by atoms with Crippen molar-refractivity contribution >= 4 is 23.9 Å². The fourth-order valence-corrected chi connectivity index (χ4v) is 5.19. The van der Waals surface area contributed by atoms with E-state index in [1.807, 2.05) is 0 Å². The van der Waals surface area contributed by atoms with Gasteiger partial charge in [-0.2, -0.15) is 26.3 Å². The van der Waals surface area contributed by atoms with Gasteiger partial charge in [0.25, 0.3) is 0 Å². The second-order valence-electron chi connectivity index (χ2n) is 11.4. The van der Waals surface area contributed by atoms with Crippen molar-refractivity contribution < 1.29 is 73.9 Å². The lowest BCUT2D eigenvalue weighted by molar-refractivity contribution is -0.288. The van der Waals surface area contributed by atoms with Gasteiger partial charge in [-0.1, -0.05) is 37.4 Å². The molecule has 4 rings (SSSR count). The number of aryl methyl sites for hydroxylation is 2. The Labute approximate surface area is 309 Å². The molecule has 0 atom stereocenters. The number of benzene rings is 4. The number of hydrogen-bond acceptors (Lipinski definition) is 10. The van der Waals surface area contributed by atoms with Crippen LogP contribution in [0.25, 0.3) is 0 Å². The predicted octanol–water partition coefficient (Wildman–Crippen LogP) is 8.28. The maximum absolute atomic E-state index is 14.8. The Morgan fingerprint density at radius 2 is 0.873 bits per heavy atom. The summed E-state index contributed by atoms with van der Waals surface area (Å²) < 4.78 is 119. The smallest absolute Gasteiger partial charge is 0.411 e. The molecule has 0 N–H and O–H groups in total. The lowest BCUT2D eigenvalue weighted by atomic mass is 9.73. The zero-order chi connectivity index (χ0) is 40.6. The number of alkyl halides is 6. The van der Waals surface area contributed by atoms with Gasteiger partial charge in [0.15, 0.2) is 0 Å². The van der Waals surface area contributed by atoms with Gasteiger partial charge in [0.2, 0.25) is 19.0 Å². The number of esters is 4. The highest BCUT2D eigenvalue weighted by Gasteiger charge is 2.72. The Kier molecular flexibility index (Phi) is 12.8. The van der Waals surface area contributed by atoms with Crippen LogP contribution < -0.4 is 18.9 Å². The van der Waals surface area contributed by atoms with Crippen molar-refractivity contribution in [3.8, 4) is 23.0 Å². The van der Waals surface area contributed by atoms with E-state index in [1.54, 1.807) is 0 Å². The van der Waals surface area contributed by atoms with Crippen LogP contribution in [0.4, 0.5) is 26.3 Å². The van der Waals surface area contributed by atoms with Crippen molar-refractivity contribution in [1.29, 1.82) is 0 Å². The number of hydrogen-bond donors (Lipinski definition) is 0. The summed E-state index contributed by atoms with van der Waals surface area (Å²) in [5.74, 6) is -3.65. The van der Waals surface area contributed by atoms with Crippen LogP contribution in [-0.4, -0.2) is 49.8 Å². The average Bonchev–Trinajstić information content (AvgIpc) is 3.12. The fraction of sp³-hybridized carbons (Fsp3) is 0.179. The molecule has 0 saturated carbocycles. The van der Waals surface area contributed by atoms with E-state index in [-0.39, 0.29) is 34.1 Å². The Morgan fingerprint density at radius 3 is 1.16 bits per heavy atom. The Balaban J connectivity index is 1.53. The van der Waals surface area contributed by atoms with Gasteiger partial charge < -0.3 is 28.4 Å². The van der Waals surface area contributed by atoms with Gasteiger partial charge in [-0.15, -0.1) is 0 Å². The second kappa shape index (κ2) is 17.0. The van der Waals surface area contributed by atoms with Crippen molar-refractivity contribution in [2.24, 2.45) is 0 Å². The van der Waals surface area contributed by atoms with Gasteiger partial charge >= 0.3 is 36.2 Å². The van der Waals surface area contributed by atoms with Crippen molar-refractivity contribution in [3.63, 3.8) is 0 Å². The summed E-state index contributed by atoms with van der Waals surface area (Å²) >= 11 is 0. The number of ether oxygens (including phenoxy) is 6. The number of halogens is 6. The minimum atomic E-state index is -5.93. The Bertz CT molecular complexity index is 1920. The van der Waals surface area contributed by atoms with Crippen molar-refractivity contribution in [1.82, 2.24) is 0 Å². The minimum Gasteiger partial charge on any atom is -0.457 e. The van der Waals surface area contributed by atoms with Gasteiger partial charge in [0, 0.05) is 12.2 Å². The molecule has 0 saturated heterocycles. The highest BCUT2D eigenvalue weighted by Crippen LogP contribution is 2.56. The van der Waals surface area contributed by atoms with Crippen LogP contribution in [-0.2, 0) is 24.5 Å². The van der Waals surface area contributed by atoms with E-state index in [2.05, 4.69) is 13.2 Å². The van der Waals surface area contributed by atoms with Crippen LogP contribution in [0.5, 0.6) is 23.0 Å². The van der Waals surface area contributed by atoms with Gasteiger partial charge in [0.1, 0.15) is 23.0 Å². The molecule has 0 radical (unpaired) electrons. The van der Waals surface area contributed by atoms with E-state index in [1.165, 1.54) is 50.2 Å². The summed E-state index contributed by atoms with van der Waals surface area (Å²) in [5, 5.41) is 0. The highest BCUT2D eigenvalue weighted by molar-refractivity contribution is 5.93.